The highest BCUT2D eigenvalue weighted by atomic mass is 16.6. The van der Waals surface area contributed by atoms with Gasteiger partial charge in [-0.25, -0.2) is 9.59 Å². The Morgan fingerprint density at radius 3 is 2.39 bits per heavy atom. The minimum absolute atomic E-state index is 0.119. The summed E-state index contributed by atoms with van der Waals surface area (Å²) in [6.07, 6.45) is 6.65. The van der Waals surface area contributed by atoms with Crippen molar-refractivity contribution in [1.82, 2.24) is 15.5 Å². The summed E-state index contributed by atoms with van der Waals surface area (Å²) >= 11 is 0. The lowest BCUT2D eigenvalue weighted by Gasteiger charge is -2.29. The van der Waals surface area contributed by atoms with Gasteiger partial charge in [0.05, 0.1) is 7.11 Å². The van der Waals surface area contributed by atoms with Gasteiger partial charge in [0.1, 0.15) is 17.7 Å². The Kier molecular flexibility index (Phi) is 8.23. The second kappa shape index (κ2) is 10.7. The summed E-state index contributed by atoms with van der Waals surface area (Å²) in [7, 11) is 1.26. The van der Waals surface area contributed by atoms with E-state index < -0.39 is 35.7 Å². The fraction of sp³-hybridized carbons (Fsp3) is 0.833. The van der Waals surface area contributed by atoms with Crippen LogP contribution < -0.4 is 10.6 Å². The molecule has 2 heterocycles. The van der Waals surface area contributed by atoms with E-state index in [-0.39, 0.29) is 24.2 Å². The van der Waals surface area contributed by atoms with Crippen LogP contribution in [0.3, 0.4) is 0 Å². The van der Waals surface area contributed by atoms with Gasteiger partial charge < -0.3 is 20.1 Å². The lowest BCUT2D eigenvalue weighted by molar-refractivity contribution is -0.146. The summed E-state index contributed by atoms with van der Waals surface area (Å²) in [5, 5.41) is 5.54. The normalized spacial score (nSPS) is 27.1. The Labute approximate surface area is 196 Å². The first kappa shape index (κ1) is 25.3. The van der Waals surface area contributed by atoms with E-state index >= 15 is 0 Å². The molecule has 0 aromatic heterocycles. The van der Waals surface area contributed by atoms with Crippen molar-refractivity contribution in [3.05, 3.63) is 0 Å². The van der Waals surface area contributed by atoms with Gasteiger partial charge in [-0.05, 0) is 51.9 Å². The van der Waals surface area contributed by atoms with Crippen LogP contribution in [0, 0.1) is 17.8 Å². The molecule has 9 nitrogen and oxygen atoms in total. The predicted molar refractivity (Wildman–Crippen MR) is 121 cm³/mol. The van der Waals surface area contributed by atoms with Gasteiger partial charge in [0, 0.05) is 19.0 Å². The molecule has 4 atom stereocenters. The highest BCUT2D eigenvalue weighted by Crippen LogP contribution is 2.38. The van der Waals surface area contributed by atoms with Crippen molar-refractivity contribution in [2.45, 2.75) is 89.8 Å². The van der Waals surface area contributed by atoms with E-state index in [1.165, 1.54) is 31.3 Å². The first-order valence-electron chi connectivity index (χ1n) is 12.2. The maximum absolute atomic E-state index is 13.4. The number of esters is 1. The molecule has 9 heteroatoms. The van der Waals surface area contributed by atoms with Crippen molar-refractivity contribution in [1.29, 1.82) is 0 Å². The summed E-state index contributed by atoms with van der Waals surface area (Å²) in [5.41, 5.74) is -0.675. The van der Waals surface area contributed by atoms with Crippen LogP contribution in [0.1, 0.15) is 72.1 Å². The SMILES string of the molecule is COC(=O)[C@H](C[C@@H]1CCNC1=O)NC(=O)[C@@H]1C[C@@H](C2CCCCC2)CN1C(=O)OC(C)(C)C. The number of carbonyl (C=O) groups is 4. The van der Waals surface area contributed by atoms with Crippen LogP contribution in [0.5, 0.6) is 0 Å². The average Bonchev–Trinajstić information content (AvgIpc) is 3.39. The van der Waals surface area contributed by atoms with Gasteiger partial charge in [0.15, 0.2) is 0 Å². The minimum atomic E-state index is -0.939. The number of hydrogen-bond donors (Lipinski definition) is 2. The number of amides is 3. The lowest BCUT2D eigenvalue weighted by Crippen LogP contribution is -2.52. The Balaban J connectivity index is 1.74. The van der Waals surface area contributed by atoms with Gasteiger partial charge >= 0.3 is 12.1 Å². The van der Waals surface area contributed by atoms with E-state index in [0.717, 1.165) is 12.8 Å². The molecule has 186 valence electrons. The number of nitrogens with zero attached hydrogens (tertiary/aromatic N) is 1. The van der Waals surface area contributed by atoms with Gasteiger partial charge in [-0.1, -0.05) is 32.1 Å². The van der Waals surface area contributed by atoms with Crippen molar-refractivity contribution >= 4 is 23.9 Å². The number of nitrogens with one attached hydrogen (secondary N) is 2. The predicted octanol–water partition coefficient (Wildman–Crippen LogP) is 2.38. The largest absolute Gasteiger partial charge is 0.467 e. The summed E-state index contributed by atoms with van der Waals surface area (Å²) in [4.78, 5) is 52.3. The molecule has 0 aromatic rings. The average molecular weight is 466 g/mol. The highest BCUT2D eigenvalue weighted by molar-refractivity contribution is 5.90. The Hall–Kier alpha value is -2.32. The number of rotatable bonds is 6. The second-order valence-corrected chi connectivity index (χ2v) is 10.6. The molecule has 3 amide bonds. The Morgan fingerprint density at radius 1 is 1.12 bits per heavy atom. The number of ether oxygens (including phenoxy) is 2. The number of likely N-dealkylation sites (tertiary alicyclic amines) is 1. The van der Waals surface area contributed by atoms with Crippen LogP contribution in [0.2, 0.25) is 0 Å². The first-order chi connectivity index (χ1) is 15.6. The molecule has 1 saturated carbocycles. The summed E-state index contributed by atoms with van der Waals surface area (Å²) in [6.45, 7) is 6.44. The molecular weight excluding hydrogens is 426 g/mol. The maximum Gasteiger partial charge on any atom is 0.410 e. The molecule has 33 heavy (non-hydrogen) atoms. The number of methoxy groups -OCH3 is 1. The van der Waals surface area contributed by atoms with E-state index in [2.05, 4.69) is 10.6 Å². The molecule has 3 fully saturated rings. The van der Waals surface area contributed by atoms with Crippen molar-refractivity contribution in [3.63, 3.8) is 0 Å². The van der Waals surface area contributed by atoms with E-state index in [9.17, 15) is 19.2 Å². The van der Waals surface area contributed by atoms with Crippen molar-refractivity contribution < 1.29 is 28.7 Å². The quantitative estimate of drug-likeness (QED) is 0.582. The minimum Gasteiger partial charge on any atom is -0.467 e. The zero-order valence-electron chi connectivity index (χ0n) is 20.4. The molecule has 0 radical (unpaired) electrons. The van der Waals surface area contributed by atoms with Crippen LogP contribution >= 0.6 is 0 Å². The van der Waals surface area contributed by atoms with Gasteiger partial charge in [0.2, 0.25) is 11.8 Å². The van der Waals surface area contributed by atoms with Crippen molar-refractivity contribution in [3.8, 4) is 0 Å². The zero-order chi connectivity index (χ0) is 24.2. The molecule has 2 N–H and O–H groups in total. The van der Waals surface area contributed by atoms with Gasteiger partial charge in [0.25, 0.3) is 0 Å². The standard InChI is InChI=1S/C24H39N3O6/c1-24(2,3)33-23(31)27-14-17(15-8-6-5-7-9-15)13-19(27)21(29)26-18(22(30)32-4)12-16-10-11-25-20(16)28/h15-19H,5-14H2,1-4H3,(H,25,28)(H,26,29)/t16-,17+,18-,19-/m0/s1. The molecule has 3 aliphatic rings. The van der Waals surface area contributed by atoms with Gasteiger partial charge in [-0.2, -0.15) is 0 Å². The smallest absolute Gasteiger partial charge is 0.410 e. The lowest BCUT2D eigenvalue weighted by atomic mass is 9.79. The van der Waals surface area contributed by atoms with Crippen LogP contribution in [-0.2, 0) is 23.9 Å². The fourth-order valence-electron chi connectivity index (χ4n) is 5.37. The Bertz CT molecular complexity index is 743. The highest BCUT2D eigenvalue weighted by Gasteiger charge is 2.45. The van der Waals surface area contributed by atoms with Crippen molar-refractivity contribution in [2.75, 3.05) is 20.2 Å². The van der Waals surface area contributed by atoms with Crippen molar-refractivity contribution in [2.24, 2.45) is 17.8 Å². The third kappa shape index (κ3) is 6.60. The number of hydrogen-bond acceptors (Lipinski definition) is 6. The molecule has 0 aromatic carbocycles. The molecule has 1 aliphatic carbocycles. The maximum atomic E-state index is 13.4. The third-order valence-corrected chi connectivity index (χ3v) is 7.07. The van der Waals surface area contributed by atoms with Crippen LogP contribution in [0.4, 0.5) is 4.79 Å². The van der Waals surface area contributed by atoms with Gasteiger partial charge in [-0.15, -0.1) is 0 Å². The van der Waals surface area contributed by atoms with Crippen LogP contribution in [0.15, 0.2) is 0 Å². The van der Waals surface area contributed by atoms with E-state index in [1.54, 1.807) is 20.8 Å². The first-order valence-corrected chi connectivity index (χ1v) is 12.2. The summed E-state index contributed by atoms with van der Waals surface area (Å²) in [5.74, 6) is -0.741. The molecule has 2 saturated heterocycles. The summed E-state index contributed by atoms with van der Waals surface area (Å²) < 4.78 is 10.5. The molecule has 3 rings (SSSR count). The zero-order valence-corrected chi connectivity index (χ0v) is 20.4. The second-order valence-electron chi connectivity index (χ2n) is 10.6. The monoisotopic (exact) mass is 465 g/mol. The summed E-state index contributed by atoms with van der Waals surface area (Å²) in [6, 6.07) is -1.65. The number of carbonyl (C=O) groups excluding carboxylic acids is 4. The van der Waals surface area contributed by atoms with E-state index in [0.29, 0.717) is 31.8 Å². The molecule has 0 spiro atoms. The fourth-order valence-corrected chi connectivity index (χ4v) is 5.37. The molecule has 2 aliphatic heterocycles. The molecular formula is C24H39N3O6. The van der Waals surface area contributed by atoms with E-state index in [1.807, 2.05) is 0 Å². The molecule has 0 bridgehead atoms. The Morgan fingerprint density at radius 2 is 1.82 bits per heavy atom. The third-order valence-electron chi connectivity index (χ3n) is 7.07. The topological polar surface area (TPSA) is 114 Å². The van der Waals surface area contributed by atoms with Crippen LogP contribution in [-0.4, -0.2) is 66.7 Å². The van der Waals surface area contributed by atoms with Gasteiger partial charge in [-0.3, -0.25) is 14.5 Å². The van der Waals surface area contributed by atoms with Crippen LogP contribution in [0.25, 0.3) is 0 Å². The molecule has 0 unspecified atom stereocenters. The van der Waals surface area contributed by atoms with E-state index in [4.69, 9.17) is 9.47 Å².